The van der Waals surface area contributed by atoms with Crippen molar-refractivity contribution < 1.29 is 27.5 Å². The Morgan fingerprint density at radius 1 is 1.21 bits per heavy atom. The molecule has 0 unspecified atom stereocenters. The van der Waals surface area contributed by atoms with Crippen LogP contribution in [-0.4, -0.2) is 50.7 Å². The number of esters is 1. The zero-order valence-electron chi connectivity index (χ0n) is 11.4. The Bertz CT molecular complexity index is 464. The summed E-state index contributed by atoms with van der Waals surface area (Å²) in [4.78, 5) is 23.1. The molecule has 1 aliphatic rings. The van der Waals surface area contributed by atoms with Crippen LogP contribution in [0, 0.1) is 5.92 Å². The summed E-state index contributed by atoms with van der Waals surface area (Å²) in [5.41, 5.74) is -0.692. The number of methoxy groups -OCH3 is 1. The molecule has 7 nitrogen and oxygen atoms in total. The number of rotatable bonds is 2. The first-order valence-electron chi connectivity index (χ1n) is 5.82. The monoisotopic (exact) mass is 293 g/mol. The maximum atomic E-state index is 11.6. The maximum Gasteiger partial charge on any atom is 0.407 e. The third-order valence-electron chi connectivity index (χ3n) is 2.56. The van der Waals surface area contributed by atoms with Gasteiger partial charge >= 0.3 is 12.1 Å². The van der Waals surface area contributed by atoms with E-state index in [2.05, 4.69) is 10.1 Å². The normalized spacial score (nSPS) is 25.7. The van der Waals surface area contributed by atoms with Gasteiger partial charge in [0.1, 0.15) is 5.60 Å². The Hall–Kier alpha value is -1.31. The third kappa shape index (κ3) is 4.70. The van der Waals surface area contributed by atoms with Gasteiger partial charge in [0, 0.05) is 0 Å². The zero-order chi connectivity index (χ0) is 14.8. The number of carbonyl (C=O) groups is 2. The van der Waals surface area contributed by atoms with Crippen LogP contribution in [-0.2, 0) is 24.1 Å². The highest BCUT2D eigenvalue weighted by molar-refractivity contribution is 7.91. The molecule has 0 radical (unpaired) electrons. The lowest BCUT2D eigenvalue weighted by Gasteiger charge is -2.23. The SMILES string of the molecule is COC(=O)[C@@H]1CS(=O)(=O)C[C@H]1NC(=O)OC(C)(C)C. The molecular weight excluding hydrogens is 274 g/mol. The number of carbonyl (C=O) groups excluding carboxylic acids is 2. The molecule has 1 amide bonds. The average molecular weight is 293 g/mol. The molecular formula is C11H19NO6S. The highest BCUT2D eigenvalue weighted by atomic mass is 32.2. The molecule has 2 atom stereocenters. The zero-order valence-corrected chi connectivity index (χ0v) is 12.2. The van der Waals surface area contributed by atoms with E-state index in [1.165, 1.54) is 7.11 Å². The topological polar surface area (TPSA) is 98.8 Å². The van der Waals surface area contributed by atoms with Crippen molar-refractivity contribution in [3.8, 4) is 0 Å². The van der Waals surface area contributed by atoms with E-state index in [9.17, 15) is 18.0 Å². The van der Waals surface area contributed by atoms with Crippen LogP contribution in [0.3, 0.4) is 0 Å². The van der Waals surface area contributed by atoms with Crippen molar-refractivity contribution in [2.24, 2.45) is 5.92 Å². The smallest absolute Gasteiger partial charge is 0.407 e. The Morgan fingerprint density at radius 3 is 2.26 bits per heavy atom. The molecule has 0 bridgehead atoms. The van der Waals surface area contributed by atoms with Crippen LogP contribution in [0.5, 0.6) is 0 Å². The van der Waals surface area contributed by atoms with E-state index in [0.29, 0.717) is 0 Å². The van der Waals surface area contributed by atoms with Gasteiger partial charge in [-0.25, -0.2) is 13.2 Å². The summed E-state index contributed by atoms with van der Waals surface area (Å²) in [5, 5.41) is 2.42. The van der Waals surface area contributed by atoms with Gasteiger partial charge < -0.3 is 14.8 Å². The number of nitrogens with one attached hydrogen (secondary N) is 1. The summed E-state index contributed by atoms with van der Waals surface area (Å²) in [6.07, 6.45) is -0.747. The van der Waals surface area contributed by atoms with Crippen LogP contribution in [0.15, 0.2) is 0 Å². The van der Waals surface area contributed by atoms with Crippen molar-refractivity contribution in [3.05, 3.63) is 0 Å². The number of amides is 1. The lowest BCUT2D eigenvalue weighted by molar-refractivity contribution is -0.145. The lowest BCUT2D eigenvalue weighted by atomic mass is 10.0. The Balaban J connectivity index is 2.75. The minimum atomic E-state index is -3.36. The molecule has 1 fully saturated rings. The van der Waals surface area contributed by atoms with E-state index in [1.54, 1.807) is 20.8 Å². The number of sulfone groups is 1. The number of ether oxygens (including phenoxy) is 2. The Labute approximate surface area is 112 Å². The summed E-state index contributed by atoms with van der Waals surface area (Å²) in [6.45, 7) is 5.07. The van der Waals surface area contributed by atoms with Crippen molar-refractivity contribution in [1.29, 1.82) is 0 Å². The molecule has 19 heavy (non-hydrogen) atoms. The lowest BCUT2D eigenvalue weighted by Crippen LogP contribution is -2.45. The Morgan fingerprint density at radius 2 is 1.79 bits per heavy atom. The first kappa shape index (κ1) is 15.7. The fraction of sp³-hybridized carbons (Fsp3) is 0.818. The van der Waals surface area contributed by atoms with Crippen molar-refractivity contribution in [3.63, 3.8) is 0 Å². The van der Waals surface area contributed by atoms with E-state index in [4.69, 9.17) is 4.74 Å². The molecule has 8 heteroatoms. The first-order chi connectivity index (χ1) is 8.54. The van der Waals surface area contributed by atoms with Crippen LogP contribution in [0.2, 0.25) is 0 Å². The molecule has 1 aliphatic heterocycles. The highest BCUT2D eigenvalue weighted by Crippen LogP contribution is 2.21. The van der Waals surface area contributed by atoms with Crippen LogP contribution in [0.1, 0.15) is 20.8 Å². The van der Waals surface area contributed by atoms with Gasteiger partial charge in [0.05, 0.1) is 30.6 Å². The van der Waals surface area contributed by atoms with Gasteiger partial charge in [-0.3, -0.25) is 4.79 Å². The summed E-state index contributed by atoms with van der Waals surface area (Å²) in [6, 6.07) is -0.813. The van der Waals surface area contributed by atoms with E-state index in [-0.39, 0.29) is 11.5 Å². The molecule has 0 spiro atoms. The predicted octanol–water partition coefficient (Wildman–Crippen LogP) is 0.0973. The summed E-state index contributed by atoms with van der Waals surface area (Å²) >= 11 is 0. The molecule has 1 saturated heterocycles. The van der Waals surface area contributed by atoms with Gasteiger partial charge in [0.15, 0.2) is 9.84 Å². The van der Waals surface area contributed by atoms with Crippen molar-refractivity contribution in [1.82, 2.24) is 5.32 Å². The summed E-state index contributed by atoms with van der Waals surface area (Å²) in [7, 11) is -2.18. The van der Waals surface area contributed by atoms with Gasteiger partial charge in [0.2, 0.25) is 0 Å². The van der Waals surface area contributed by atoms with Gasteiger partial charge in [-0.15, -0.1) is 0 Å². The van der Waals surface area contributed by atoms with E-state index < -0.39 is 39.5 Å². The molecule has 0 aromatic heterocycles. The van der Waals surface area contributed by atoms with Gasteiger partial charge in [-0.05, 0) is 20.8 Å². The van der Waals surface area contributed by atoms with Crippen LogP contribution >= 0.6 is 0 Å². The van der Waals surface area contributed by atoms with Crippen molar-refractivity contribution in [2.75, 3.05) is 18.6 Å². The minimum absolute atomic E-state index is 0.286. The minimum Gasteiger partial charge on any atom is -0.469 e. The highest BCUT2D eigenvalue weighted by Gasteiger charge is 2.43. The molecule has 0 saturated carbocycles. The van der Waals surface area contributed by atoms with Crippen molar-refractivity contribution >= 4 is 21.9 Å². The molecule has 110 valence electrons. The molecule has 0 aromatic carbocycles. The second kappa shape index (κ2) is 5.36. The molecule has 0 aliphatic carbocycles. The molecule has 0 aromatic rings. The molecule has 1 N–H and O–H groups in total. The summed E-state index contributed by atoms with van der Waals surface area (Å²) in [5.74, 6) is -2.14. The molecule has 1 heterocycles. The maximum absolute atomic E-state index is 11.6. The number of alkyl carbamates (subject to hydrolysis) is 1. The quantitative estimate of drug-likeness (QED) is 0.725. The largest absolute Gasteiger partial charge is 0.469 e. The fourth-order valence-electron chi connectivity index (χ4n) is 1.83. The van der Waals surface area contributed by atoms with Gasteiger partial charge in [-0.2, -0.15) is 0 Å². The van der Waals surface area contributed by atoms with Crippen LogP contribution in [0.4, 0.5) is 4.79 Å². The van der Waals surface area contributed by atoms with E-state index in [0.717, 1.165) is 0 Å². The van der Waals surface area contributed by atoms with Gasteiger partial charge in [0.25, 0.3) is 0 Å². The van der Waals surface area contributed by atoms with E-state index >= 15 is 0 Å². The number of hydrogen-bond donors (Lipinski definition) is 1. The van der Waals surface area contributed by atoms with Gasteiger partial charge in [-0.1, -0.05) is 0 Å². The number of hydrogen-bond acceptors (Lipinski definition) is 6. The molecule has 1 rings (SSSR count). The standard InChI is InChI=1S/C11H19NO6S/c1-11(2,3)18-10(14)12-8-6-19(15,16)5-7(8)9(13)17-4/h7-8H,5-6H2,1-4H3,(H,12,14)/t7-,8-/m1/s1. The first-order valence-corrected chi connectivity index (χ1v) is 7.64. The third-order valence-corrected chi connectivity index (χ3v) is 4.29. The fourth-order valence-corrected chi connectivity index (χ4v) is 3.75. The average Bonchev–Trinajstić information content (AvgIpc) is 2.49. The second-order valence-corrected chi connectivity index (χ2v) is 7.61. The second-order valence-electron chi connectivity index (χ2n) is 5.46. The predicted molar refractivity (Wildman–Crippen MR) is 67.3 cm³/mol. The van der Waals surface area contributed by atoms with Crippen molar-refractivity contribution in [2.45, 2.75) is 32.4 Å². The summed E-state index contributed by atoms with van der Waals surface area (Å²) < 4.78 is 32.7. The Kier molecular flexibility index (Phi) is 4.44. The van der Waals surface area contributed by atoms with Crippen LogP contribution < -0.4 is 5.32 Å². The van der Waals surface area contributed by atoms with E-state index in [1.807, 2.05) is 0 Å². The van der Waals surface area contributed by atoms with Crippen LogP contribution in [0.25, 0.3) is 0 Å².